The van der Waals surface area contributed by atoms with Crippen LogP contribution in [0.4, 0.5) is 13.2 Å². The fraction of sp³-hybridized carbons (Fsp3) is 0.500. The second-order valence-electron chi connectivity index (χ2n) is 4.65. The standard InChI is InChI=1S/C12H15F3O/c1-11(2,3)9-6-4-5-7-10(9)16-8-12(13,14)15/h4-7H,8H2,1-3H3. The Morgan fingerprint density at radius 2 is 1.62 bits per heavy atom. The van der Waals surface area contributed by atoms with Crippen molar-refractivity contribution in [1.82, 2.24) is 0 Å². The maximum atomic E-state index is 12.0. The van der Waals surface area contributed by atoms with E-state index in [1.54, 1.807) is 24.3 Å². The van der Waals surface area contributed by atoms with E-state index < -0.39 is 12.8 Å². The topological polar surface area (TPSA) is 9.23 Å². The minimum Gasteiger partial charge on any atom is -0.484 e. The van der Waals surface area contributed by atoms with Gasteiger partial charge in [0.2, 0.25) is 0 Å². The number of hydrogen-bond donors (Lipinski definition) is 0. The van der Waals surface area contributed by atoms with Crippen LogP contribution in [0.1, 0.15) is 26.3 Å². The fourth-order valence-corrected chi connectivity index (χ4v) is 1.37. The predicted molar refractivity (Wildman–Crippen MR) is 56.7 cm³/mol. The van der Waals surface area contributed by atoms with Crippen LogP contribution < -0.4 is 4.74 Å². The van der Waals surface area contributed by atoms with Gasteiger partial charge in [-0.2, -0.15) is 13.2 Å². The molecule has 90 valence electrons. The smallest absolute Gasteiger partial charge is 0.422 e. The van der Waals surface area contributed by atoms with Gasteiger partial charge >= 0.3 is 6.18 Å². The third kappa shape index (κ3) is 3.76. The summed E-state index contributed by atoms with van der Waals surface area (Å²) in [5, 5.41) is 0. The lowest BCUT2D eigenvalue weighted by Gasteiger charge is -2.22. The second-order valence-corrected chi connectivity index (χ2v) is 4.65. The molecule has 1 aromatic carbocycles. The van der Waals surface area contributed by atoms with Crippen molar-refractivity contribution in [2.75, 3.05) is 6.61 Å². The first kappa shape index (κ1) is 12.9. The van der Waals surface area contributed by atoms with Crippen LogP contribution in [-0.4, -0.2) is 12.8 Å². The number of ether oxygens (including phenoxy) is 1. The van der Waals surface area contributed by atoms with Crippen LogP contribution in [0, 0.1) is 0 Å². The highest BCUT2D eigenvalue weighted by Crippen LogP contribution is 2.31. The van der Waals surface area contributed by atoms with Gasteiger partial charge in [-0.15, -0.1) is 0 Å². The van der Waals surface area contributed by atoms with Gasteiger partial charge in [0.05, 0.1) is 0 Å². The Bertz CT molecular complexity index is 350. The third-order valence-electron chi connectivity index (χ3n) is 2.09. The zero-order chi connectivity index (χ0) is 12.4. The van der Waals surface area contributed by atoms with E-state index in [1.807, 2.05) is 20.8 Å². The van der Waals surface area contributed by atoms with Crippen LogP contribution in [0.5, 0.6) is 5.75 Å². The highest BCUT2D eigenvalue weighted by molar-refractivity contribution is 5.38. The van der Waals surface area contributed by atoms with Crippen LogP contribution in [0.25, 0.3) is 0 Å². The van der Waals surface area contributed by atoms with Gasteiger partial charge in [0, 0.05) is 0 Å². The van der Waals surface area contributed by atoms with Crippen LogP contribution in [0.2, 0.25) is 0 Å². The molecule has 1 nitrogen and oxygen atoms in total. The van der Waals surface area contributed by atoms with Crippen LogP contribution in [0.15, 0.2) is 24.3 Å². The molecule has 0 saturated carbocycles. The fourth-order valence-electron chi connectivity index (χ4n) is 1.37. The molecule has 0 aliphatic rings. The first-order valence-electron chi connectivity index (χ1n) is 4.99. The van der Waals surface area contributed by atoms with Crippen molar-refractivity contribution >= 4 is 0 Å². The molecule has 0 aliphatic carbocycles. The molecule has 0 spiro atoms. The normalized spacial score (nSPS) is 12.6. The van der Waals surface area contributed by atoms with Crippen molar-refractivity contribution in [1.29, 1.82) is 0 Å². The summed E-state index contributed by atoms with van der Waals surface area (Å²) in [6.45, 7) is 4.55. The Balaban J connectivity index is 2.88. The molecule has 0 saturated heterocycles. The summed E-state index contributed by atoms with van der Waals surface area (Å²) in [6.07, 6.45) is -4.30. The van der Waals surface area contributed by atoms with Crippen molar-refractivity contribution in [3.63, 3.8) is 0 Å². The molecule has 0 bridgehead atoms. The van der Waals surface area contributed by atoms with Crippen LogP contribution >= 0.6 is 0 Å². The van der Waals surface area contributed by atoms with Gasteiger partial charge in [0.1, 0.15) is 5.75 Å². The summed E-state index contributed by atoms with van der Waals surface area (Å²) in [5.74, 6) is 0.298. The Kier molecular flexibility index (Phi) is 3.51. The zero-order valence-corrected chi connectivity index (χ0v) is 9.56. The van der Waals surface area contributed by atoms with Crippen molar-refractivity contribution in [3.05, 3.63) is 29.8 Å². The largest absolute Gasteiger partial charge is 0.484 e. The van der Waals surface area contributed by atoms with Crippen molar-refractivity contribution < 1.29 is 17.9 Å². The van der Waals surface area contributed by atoms with E-state index >= 15 is 0 Å². The van der Waals surface area contributed by atoms with Gasteiger partial charge in [-0.3, -0.25) is 0 Å². The van der Waals surface area contributed by atoms with Crippen LogP contribution in [-0.2, 0) is 5.41 Å². The molecule has 16 heavy (non-hydrogen) atoms. The van der Waals surface area contributed by atoms with Gasteiger partial charge in [-0.05, 0) is 17.0 Å². The lowest BCUT2D eigenvalue weighted by molar-refractivity contribution is -0.153. The number of alkyl halides is 3. The molecule has 0 radical (unpaired) electrons. The maximum Gasteiger partial charge on any atom is 0.422 e. The molecule has 0 aromatic heterocycles. The van der Waals surface area contributed by atoms with Crippen molar-refractivity contribution in [2.45, 2.75) is 32.4 Å². The molecule has 0 atom stereocenters. The van der Waals surface area contributed by atoms with E-state index in [0.29, 0.717) is 5.75 Å². The van der Waals surface area contributed by atoms with Crippen molar-refractivity contribution in [2.24, 2.45) is 0 Å². The minimum atomic E-state index is -4.30. The molecule has 1 rings (SSSR count). The third-order valence-corrected chi connectivity index (χ3v) is 2.09. The highest BCUT2D eigenvalue weighted by atomic mass is 19.4. The van der Waals surface area contributed by atoms with Gasteiger partial charge in [-0.1, -0.05) is 39.0 Å². The maximum absolute atomic E-state index is 12.0. The first-order valence-corrected chi connectivity index (χ1v) is 4.99. The molecular weight excluding hydrogens is 217 g/mol. The molecule has 0 N–H and O–H groups in total. The Labute approximate surface area is 93.2 Å². The van der Waals surface area contributed by atoms with E-state index in [0.717, 1.165) is 5.56 Å². The van der Waals surface area contributed by atoms with Crippen LogP contribution in [0.3, 0.4) is 0 Å². The summed E-state index contributed by atoms with van der Waals surface area (Å²) in [7, 11) is 0. The Morgan fingerprint density at radius 1 is 1.06 bits per heavy atom. The van der Waals surface area contributed by atoms with Gasteiger partial charge < -0.3 is 4.74 Å². The SMILES string of the molecule is CC(C)(C)c1ccccc1OCC(F)(F)F. The average Bonchev–Trinajstić information content (AvgIpc) is 2.12. The number of rotatable bonds is 2. The van der Waals surface area contributed by atoms with E-state index in [9.17, 15) is 13.2 Å². The van der Waals surface area contributed by atoms with E-state index in [-0.39, 0.29) is 5.41 Å². The van der Waals surface area contributed by atoms with E-state index in [4.69, 9.17) is 4.74 Å². The summed E-state index contributed by atoms with van der Waals surface area (Å²) in [6, 6.07) is 6.81. The summed E-state index contributed by atoms with van der Waals surface area (Å²) >= 11 is 0. The summed E-state index contributed by atoms with van der Waals surface area (Å²) in [4.78, 5) is 0. The first-order chi connectivity index (χ1) is 7.20. The minimum absolute atomic E-state index is 0.234. The molecular formula is C12H15F3O. The lowest BCUT2D eigenvalue weighted by atomic mass is 9.86. The Morgan fingerprint density at radius 3 is 2.12 bits per heavy atom. The lowest BCUT2D eigenvalue weighted by Crippen LogP contribution is -2.21. The zero-order valence-electron chi connectivity index (χ0n) is 9.56. The van der Waals surface area contributed by atoms with Gasteiger partial charge in [-0.25, -0.2) is 0 Å². The molecule has 0 amide bonds. The molecule has 0 fully saturated rings. The number of para-hydroxylation sites is 1. The number of benzene rings is 1. The molecule has 0 aliphatic heterocycles. The predicted octanol–water partition coefficient (Wildman–Crippen LogP) is 3.93. The second kappa shape index (κ2) is 4.36. The Hall–Kier alpha value is -1.19. The van der Waals surface area contributed by atoms with Gasteiger partial charge in [0.25, 0.3) is 0 Å². The highest BCUT2D eigenvalue weighted by Gasteiger charge is 2.29. The molecule has 4 heteroatoms. The monoisotopic (exact) mass is 232 g/mol. The summed E-state index contributed by atoms with van der Waals surface area (Å²) < 4.78 is 40.9. The quantitative estimate of drug-likeness (QED) is 0.750. The van der Waals surface area contributed by atoms with Crippen molar-refractivity contribution in [3.8, 4) is 5.75 Å². The summed E-state index contributed by atoms with van der Waals surface area (Å²) in [5.41, 5.74) is 0.543. The number of hydrogen-bond acceptors (Lipinski definition) is 1. The number of halogens is 3. The van der Waals surface area contributed by atoms with E-state index in [2.05, 4.69) is 0 Å². The van der Waals surface area contributed by atoms with E-state index in [1.165, 1.54) is 0 Å². The molecule has 0 unspecified atom stereocenters. The molecule has 1 aromatic rings. The molecule has 0 heterocycles. The average molecular weight is 232 g/mol. The van der Waals surface area contributed by atoms with Gasteiger partial charge in [0.15, 0.2) is 6.61 Å².